The number of carboxylic acid groups (broad SMARTS) is 1. The summed E-state index contributed by atoms with van der Waals surface area (Å²) in [6.07, 6.45) is 2.29. The highest BCUT2D eigenvalue weighted by Crippen LogP contribution is 2.41. The predicted molar refractivity (Wildman–Crippen MR) is 80.0 cm³/mol. The van der Waals surface area contributed by atoms with Crippen LogP contribution in [0.4, 0.5) is 0 Å². The van der Waals surface area contributed by atoms with Crippen LogP contribution in [0.15, 0.2) is 6.07 Å². The Labute approximate surface area is 129 Å². The van der Waals surface area contributed by atoms with Crippen molar-refractivity contribution in [2.75, 3.05) is 19.8 Å². The maximum Gasteiger partial charge on any atom is 0.329 e. The summed E-state index contributed by atoms with van der Waals surface area (Å²) in [7, 11) is 0. The third kappa shape index (κ3) is 4.30. The molecule has 122 valence electrons. The van der Waals surface area contributed by atoms with Gasteiger partial charge in [-0.1, -0.05) is 0 Å². The van der Waals surface area contributed by atoms with Gasteiger partial charge in [-0.25, -0.2) is 4.79 Å². The van der Waals surface area contributed by atoms with E-state index in [0.29, 0.717) is 11.6 Å². The zero-order chi connectivity index (χ0) is 16.3. The molecule has 1 aliphatic rings. The molecule has 0 radical (unpaired) electrons. The monoisotopic (exact) mass is 309 g/mol. The largest absolute Gasteiger partial charge is 0.480 e. The number of hydrogen-bond acceptors (Lipinski definition) is 4. The van der Waals surface area contributed by atoms with Crippen LogP contribution in [0, 0.1) is 0 Å². The lowest BCUT2D eigenvalue weighted by Crippen LogP contribution is -2.29. The predicted octanol–water partition coefficient (Wildman–Crippen LogP) is 1.35. The molecule has 2 rings (SSSR count). The average molecular weight is 309 g/mol. The van der Waals surface area contributed by atoms with Gasteiger partial charge in [-0.2, -0.15) is 5.10 Å². The van der Waals surface area contributed by atoms with Crippen LogP contribution in [-0.2, 0) is 15.1 Å². The molecular weight excluding hydrogens is 286 g/mol. The maximum absolute atomic E-state index is 12.1. The van der Waals surface area contributed by atoms with Gasteiger partial charge < -0.3 is 15.2 Å². The Morgan fingerprint density at radius 3 is 2.68 bits per heavy atom. The van der Waals surface area contributed by atoms with Gasteiger partial charge in [0.2, 0.25) is 0 Å². The highest BCUT2D eigenvalue weighted by Gasteiger charge is 2.32. The van der Waals surface area contributed by atoms with Gasteiger partial charge in [-0.05, 0) is 39.7 Å². The summed E-state index contributed by atoms with van der Waals surface area (Å²) in [5, 5.41) is 15.6. The van der Waals surface area contributed by atoms with Gasteiger partial charge in [0.15, 0.2) is 0 Å². The van der Waals surface area contributed by atoms with Crippen LogP contribution in [-0.4, -0.2) is 46.5 Å². The van der Waals surface area contributed by atoms with Crippen molar-refractivity contribution >= 4 is 11.9 Å². The lowest BCUT2D eigenvalue weighted by Gasteiger charge is -2.22. The van der Waals surface area contributed by atoms with E-state index in [9.17, 15) is 9.59 Å². The lowest BCUT2D eigenvalue weighted by molar-refractivity contribution is -0.142. The molecule has 1 aromatic rings. The van der Waals surface area contributed by atoms with E-state index < -0.39 is 5.97 Å². The van der Waals surface area contributed by atoms with Crippen LogP contribution < -0.4 is 5.32 Å². The van der Waals surface area contributed by atoms with E-state index in [0.717, 1.165) is 18.5 Å². The fourth-order valence-corrected chi connectivity index (χ4v) is 2.20. The zero-order valence-corrected chi connectivity index (χ0v) is 13.3. The van der Waals surface area contributed by atoms with Crippen LogP contribution in [0.25, 0.3) is 0 Å². The van der Waals surface area contributed by atoms with Crippen molar-refractivity contribution in [3.05, 3.63) is 17.5 Å². The van der Waals surface area contributed by atoms with E-state index in [1.54, 1.807) is 0 Å². The SMILES string of the molecule is CC(C)(C)n1nc(C(=O)NCCOCC(=O)O)cc1C1CC1. The number of nitrogens with one attached hydrogen (secondary N) is 1. The molecule has 0 unspecified atom stereocenters. The topological polar surface area (TPSA) is 93.5 Å². The number of hydrogen-bond donors (Lipinski definition) is 2. The molecule has 1 saturated carbocycles. The summed E-state index contributed by atoms with van der Waals surface area (Å²) in [5.41, 5.74) is 1.34. The van der Waals surface area contributed by atoms with Gasteiger partial charge in [0.25, 0.3) is 5.91 Å². The molecule has 7 nitrogen and oxygen atoms in total. The number of amides is 1. The molecule has 7 heteroatoms. The van der Waals surface area contributed by atoms with Gasteiger partial charge in [-0.15, -0.1) is 0 Å². The molecule has 0 spiro atoms. The number of ether oxygens (including phenoxy) is 1. The molecule has 22 heavy (non-hydrogen) atoms. The zero-order valence-electron chi connectivity index (χ0n) is 13.3. The number of aromatic nitrogens is 2. The third-order valence-corrected chi connectivity index (χ3v) is 3.36. The molecule has 0 saturated heterocycles. The summed E-state index contributed by atoms with van der Waals surface area (Å²) >= 11 is 0. The molecule has 1 aliphatic carbocycles. The molecule has 0 atom stereocenters. The van der Waals surface area contributed by atoms with Gasteiger partial charge in [-0.3, -0.25) is 9.48 Å². The molecule has 1 amide bonds. The fourth-order valence-electron chi connectivity index (χ4n) is 2.20. The molecule has 1 heterocycles. The first kappa shape index (κ1) is 16.5. The van der Waals surface area contributed by atoms with Gasteiger partial charge >= 0.3 is 5.97 Å². The Balaban J connectivity index is 1.94. The summed E-state index contributed by atoms with van der Waals surface area (Å²) < 4.78 is 6.80. The van der Waals surface area contributed by atoms with E-state index in [2.05, 4.69) is 31.2 Å². The summed E-state index contributed by atoms with van der Waals surface area (Å²) in [4.78, 5) is 22.4. The van der Waals surface area contributed by atoms with Crippen LogP contribution in [0.2, 0.25) is 0 Å². The maximum atomic E-state index is 12.1. The number of aliphatic carboxylic acids is 1. The van der Waals surface area contributed by atoms with Crippen molar-refractivity contribution in [1.82, 2.24) is 15.1 Å². The summed E-state index contributed by atoms with van der Waals surface area (Å²) in [6, 6.07) is 1.86. The lowest BCUT2D eigenvalue weighted by atomic mass is 10.1. The van der Waals surface area contributed by atoms with Crippen molar-refractivity contribution in [2.45, 2.75) is 45.1 Å². The van der Waals surface area contributed by atoms with Crippen molar-refractivity contribution in [3.63, 3.8) is 0 Å². The number of carboxylic acids is 1. The number of nitrogens with zero attached hydrogens (tertiary/aromatic N) is 2. The number of rotatable bonds is 7. The first-order valence-corrected chi connectivity index (χ1v) is 7.47. The van der Waals surface area contributed by atoms with Crippen LogP contribution in [0.5, 0.6) is 0 Å². The molecule has 1 fully saturated rings. The van der Waals surface area contributed by atoms with Crippen molar-refractivity contribution in [1.29, 1.82) is 0 Å². The van der Waals surface area contributed by atoms with Crippen LogP contribution in [0.1, 0.15) is 55.7 Å². The van der Waals surface area contributed by atoms with Crippen molar-refractivity contribution < 1.29 is 19.4 Å². The molecule has 2 N–H and O–H groups in total. The fraction of sp³-hybridized carbons (Fsp3) is 0.667. The van der Waals surface area contributed by atoms with Crippen LogP contribution >= 0.6 is 0 Å². The van der Waals surface area contributed by atoms with Gasteiger partial charge in [0.05, 0.1) is 12.1 Å². The molecule has 0 aromatic carbocycles. The molecule has 0 bridgehead atoms. The van der Waals surface area contributed by atoms with Gasteiger partial charge in [0, 0.05) is 18.2 Å². The highest BCUT2D eigenvalue weighted by molar-refractivity contribution is 5.92. The van der Waals surface area contributed by atoms with E-state index >= 15 is 0 Å². The minimum Gasteiger partial charge on any atom is -0.480 e. The van der Waals surface area contributed by atoms with Crippen molar-refractivity contribution in [3.8, 4) is 0 Å². The Morgan fingerprint density at radius 1 is 1.45 bits per heavy atom. The number of carbonyl (C=O) groups excluding carboxylic acids is 1. The second-order valence-corrected chi connectivity index (χ2v) is 6.51. The standard InChI is InChI=1S/C15H23N3O4/c1-15(2,3)18-12(10-4-5-10)8-11(17-18)14(21)16-6-7-22-9-13(19)20/h8,10H,4-7,9H2,1-3H3,(H,16,21)(H,19,20). The quantitative estimate of drug-likeness (QED) is 0.742. The van der Waals surface area contributed by atoms with Crippen molar-refractivity contribution in [2.24, 2.45) is 0 Å². The second-order valence-electron chi connectivity index (χ2n) is 6.51. The second kappa shape index (κ2) is 6.48. The van der Waals surface area contributed by atoms with E-state index in [4.69, 9.17) is 9.84 Å². The van der Waals surface area contributed by atoms with Gasteiger partial charge in [0.1, 0.15) is 12.3 Å². The van der Waals surface area contributed by atoms with Crippen LogP contribution in [0.3, 0.4) is 0 Å². The van der Waals surface area contributed by atoms with E-state index in [-0.39, 0.29) is 31.2 Å². The Hall–Kier alpha value is -1.89. The minimum atomic E-state index is -1.02. The minimum absolute atomic E-state index is 0.160. The average Bonchev–Trinajstić information content (AvgIpc) is 3.14. The Bertz CT molecular complexity index is 556. The first-order valence-electron chi connectivity index (χ1n) is 7.47. The first-order chi connectivity index (χ1) is 10.3. The molecular formula is C15H23N3O4. The number of carbonyl (C=O) groups is 2. The Morgan fingerprint density at radius 2 is 2.14 bits per heavy atom. The van der Waals surface area contributed by atoms with E-state index in [1.165, 1.54) is 0 Å². The molecule has 0 aliphatic heterocycles. The summed E-state index contributed by atoms with van der Waals surface area (Å²) in [6.45, 7) is 6.25. The molecule has 1 aromatic heterocycles. The third-order valence-electron chi connectivity index (χ3n) is 3.36. The summed E-state index contributed by atoms with van der Waals surface area (Å²) in [5.74, 6) is -0.777. The van der Waals surface area contributed by atoms with E-state index in [1.807, 2.05) is 10.7 Å². The smallest absolute Gasteiger partial charge is 0.329 e. The highest BCUT2D eigenvalue weighted by atomic mass is 16.5. The normalized spacial score (nSPS) is 14.9. The Kier molecular flexibility index (Phi) is 4.85.